The molecule has 1 aliphatic carbocycles. The lowest BCUT2D eigenvalue weighted by molar-refractivity contribution is 0.0646. The van der Waals surface area contributed by atoms with E-state index in [-0.39, 0.29) is 17.7 Å². The highest BCUT2D eigenvalue weighted by Crippen LogP contribution is 2.33. The normalized spacial score (nSPS) is 29.5. The van der Waals surface area contributed by atoms with Crippen LogP contribution in [0.1, 0.15) is 70.8 Å². The molecule has 2 unspecified atom stereocenters. The summed E-state index contributed by atoms with van der Waals surface area (Å²) < 4.78 is 5.82. The fourth-order valence-electron chi connectivity index (χ4n) is 4.52. The number of carbonyl (C=O) groups is 2. The molecule has 0 saturated carbocycles. The van der Waals surface area contributed by atoms with Crippen LogP contribution in [0.5, 0.6) is 0 Å². The summed E-state index contributed by atoms with van der Waals surface area (Å²) in [7, 11) is 1.88. The maximum atomic E-state index is 12.9. The third kappa shape index (κ3) is 2.42. The van der Waals surface area contributed by atoms with Gasteiger partial charge in [0.15, 0.2) is 11.5 Å². The highest BCUT2D eigenvalue weighted by Gasteiger charge is 2.38. The molecular formula is C18H24N2O3. The van der Waals surface area contributed by atoms with E-state index in [2.05, 4.69) is 5.32 Å². The molecule has 1 aromatic heterocycles. The Morgan fingerprint density at radius 3 is 2.57 bits per heavy atom. The number of nitrogens with one attached hydrogen (secondary N) is 1. The Bertz CT molecular complexity index is 651. The lowest BCUT2D eigenvalue weighted by Crippen LogP contribution is -2.48. The molecule has 2 saturated heterocycles. The largest absolute Gasteiger partial charge is 0.455 e. The summed E-state index contributed by atoms with van der Waals surface area (Å²) in [5.74, 6) is 1.13. The van der Waals surface area contributed by atoms with Crippen molar-refractivity contribution in [3.05, 3.63) is 22.6 Å². The van der Waals surface area contributed by atoms with Crippen molar-refractivity contribution in [2.24, 2.45) is 0 Å². The zero-order valence-corrected chi connectivity index (χ0v) is 13.9. The van der Waals surface area contributed by atoms with E-state index in [1.54, 1.807) is 0 Å². The first-order valence-electron chi connectivity index (χ1n) is 8.73. The van der Waals surface area contributed by atoms with Crippen molar-refractivity contribution in [3.8, 4) is 0 Å². The predicted molar refractivity (Wildman–Crippen MR) is 85.8 cm³/mol. The molecule has 2 fully saturated rings. The Morgan fingerprint density at radius 1 is 1.22 bits per heavy atom. The molecule has 23 heavy (non-hydrogen) atoms. The van der Waals surface area contributed by atoms with Gasteiger partial charge in [0.25, 0.3) is 5.91 Å². The first kappa shape index (κ1) is 14.9. The number of amides is 1. The summed E-state index contributed by atoms with van der Waals surface area (Å²) in [4.78, 5) is 26.9. The van der Waals surface area contributed by atoms with Crippen LogP contribution in [0, 0.1) is 6.92 Å². The number of furan rings is 1. The minimum Gasteiger partial charge on any atom is -0.455 e. The molecule has 4 rings (SSSR count). The summed E-state index contributed by atoms with van der Waals surface area (Å²) in [6, 6.07) is 1.35. The summed E-state index contributed by atoms with van der Waals surface area (Å²) in [6.07, 6.45) is 6.59. The number of ketones is 1. The zero-order valence-electron chi connectivity index (χ0n) is 13.9. The standard InChI is InChI=1S/C18H24N2O3/c1-10-16-14(21)4-3-5-15(16)23-17(10)18(22)20(2)13-8-11-6-7-12(9-13)19-11/h11-13,19H,3-9H2,1-2H3. The van der Waals surface area contributed by atoms with Gasteiger partial charge in [-0.1, -0.05) is 0 Å². The highest BCUT2D eigenvalue weighted by atomic mass is 16.4. The van der Waals surface area contributed by atoms with E-state index >= 15 is 0 Å². The number of carbonyl (C=O) groups excluding carboxylic acids is 2. The number of piperidine rings is 1. The van der Waals surface area contributed by atoms with Gasteiger partial charge < -0.3 is 14.6 Å². The Balaban J connectivity index is 1.58. The molecule has 0 aromatic carbocycles. The summed E-state index contributed by atoms with van der Waals surface area (Å²) in [5, 5.41) is 3.60. The molecule has 3 heterocycles. The molecule has 0 spiro atoms. The van der Waals surface area contributed by atoms with E-state index in [4.69, 9.17) is 4.42 Å². The summed E-state index contributed by atoms with van der Waals surface area (Å²) in [6.45, 7) is 1.85. The van der Waals surface area contributed by atoms with Crippen molar-refractivity contribution in [1.82, 2.24) is 10.2 Å². The molecule has 0 radical (unpaired) electrons. The van der Waals surface area contributed by atoms with E-state index < -0.39 is 0 Å². The summed E-state index contributed by atoms with van der Waals surface area (Å²) >= 11 is 0. The highest BCUT2D eigenvalue weighted by molar-refractivity contribution is 6.03. The Morgan fingerprint density at radius 2 is 1.91 bits per heavy atom. The number of nitrogens with zero attached hydrogens (tertiary/aromatic N) is 1. The Kier molecular flexibility index (Phi) is 3.56. The average molecular weight is 316 g/mol. The minimum atomic E-state index is -0.0731. The molecule has 5 heteroatoms. The van der Waals surface area contributed by atoms with E-state index in [1.165, 1.54) is 12.8 Å². The Labute approximate surface area is 136 Å². The van der Waals surface area contributed by atoms with Crippen LogP contribution in [0.2, 0.25) is 0 Å². The number of aryl methyl sites for hydroxylation is 1. The van der Waals surface area contributed by atoms with Crippen LogP contribution in [0.3, 0.4) is 0 Å². The van der Waals surface area contributed by atoms with Crippen molar-refractivity contribution in [2.75, 3.05) is 7.05 Å². The van der Waals surface area contributed by atoms with E-state index in [1.807, 2.05) is 18.9 Å². The van der Waals surface area contributed by atoms with Gasteiger partial charge in [0.1, 0.15) is 5.76 Å². The molecule has 1 N–H and O–H groups in total. The van der Waals surface area contributed by atoms with E-state index in [0.717, 1.165) is 31.2 Å². The monoisotopic (exact) mass is 316 g/mol. The topological polar surface area (TPSA) is 62.6 Å². The van der Waals surface area contributed by atoms with Gasteiger partial charge in [0.05, 0.1) is 5.56 Å². The molecule has 1 aromatic rings. The van der Waals surface area contributed by atoms with Crippen molar-refractivity contribution in [1.29, 1.82) is 0 Å². The van der Waals surface area contributed by atoms with Crippen LogP contribution >= 0.6 is 0 Å². The second kappa shape index (κ2) is 5.48. The van der Waals surface area contributed by atoms with Gasteiger partial charge in [-0.15, -0.1) is 0 Å². The van der Waals surface area contributed by atoms with Crippen LogP contribution in [-0.4, -0.2) is 41.8 Å². The SMILES string of the molecule is Cc1c(C(=O)N(C)C2CC3CCC(C2)N3)oc2c1C(=O)CCC2. The summed E-state index contributed by atoms with van der Waals surface area (Å²) in [5.41, 5.74) is 1.40. The number of rotatable bonds is 2. The van der Waals surface area contributed by atoms with Crippen LogP contribution in [-0.2, 0) is 6.42 Å². The number of hydrogen-bond acceptors (Lipinski definition) is 4. The van der Waals surface area contributed by atoms with Crippen molar-refractivity contribution in [2.45, 2.75) is 70.0 Å². The minimum absolute atomic E-state index is 0.0731. The molecule has 2 atom stereocenters. The average Bonchev–Trinajstić information content (AvgIpc) is 3.06. The Hall–Kier alpha value is -1.62. The van der Waals surface area contributed by atoms with Gasteiger partial charge in [-0.3, -0.25) is 9.59 Å². The van der Waals surface area contributed by atoms with Gasteiger partial charge in [-0.25, -0.2) is 0 Å². The fourth-order valence-corrected chi connectivity index (χ4v) is 4.52. The van der Waals surface area contributed by atoms with Crippen molar-refractivity contribution >= 4 is 11.7 Å². The van der Waals surface area contributed by atoms with Crippen molar-refractivity contribution in [3.63, 3.8) is 0 Å². The molecule has 3 aliphatic rings. The number of fused-ring (bicyclic) bond motifs is 3. The van der Waals surface area contributed by atoms with E-state index in [9.17, 15) is 9.59 Å². The maximum absolute atomic E-state index is 12.9. The fraction of sp³-hybridized carbons (Fsp3) is 0.667. The second-order valence-corrected chi connectivity index (χ2v) is 7.31. The van der Waals surface area contributed by atoms with Crippen LogP contribution < -0.4 is 5.32 Å². The second-order valence-electron chi connectivity index (χ2n) is 7.31. The molecule has 1 amide bonds. The van der Waals surface area contributed by atoms with Crippen LogP contribution in [0.25, 0.3) is 0 Å². The van der Waals surface area contributed by atoms with Gasteiger partial charge in [-0.05, 0) is 39.0 Å². The first-order chi connectivity index (χ1) is 11.0. The van der Waals surface area contributed by atoms with Crippen molar-refractivity contribution < 1.29 is 14.0 Å². The molecule has 124 valence electrons. The van der Waals surface area contributed by atoms with Crippen LogP contribution in [0.15, 0.2) is 4.42 Å². The number of Topliss-reactive ketones (excluding diaryl/α,β-unsaturated/α-hetero) is 1. The molecule has 2 aliphatic heterocycles. The van der Waals surface area contributed by atoms with Crippen LogP contribution in [0.4, 0.5) is 0 Å². The third-order valence-electron chi connectivity index (χ3n) is 5.82. The van der Waals surface area contributed by atoms with E-state index in [0.29, 0.717) is 35.6 Å². The lowest BCUT2D eigenvalue weighted by Gasteiger charge is -2.35. The number of hydrogen-bond donors (Lipinski definition) is 1. The molecule has 2 bridgehead atoms. The predicted octanol–water partition coefficient (Wildman–Crippen LogP) is 2.46. The van der Waals surface area contributed by atoms with Gasteiger partial charge in [0, 0.05) is 43.6 Å². The quantitative estimate of drug-likeness (QED) is 0.910. The first-order valence-corrected chi connectivity index (χ1v) is 8.73. The lowest BCUT2D eigenvalue weighted by atomic mass is 9.93. The zero-order chi connectivity index (χ0) is 16.1. The van der Waals surface area contributed by atoms with Gasteiger partial charge >= 0.3 is 0 Å². The third-order valence-corrected chi connectivity index (χ3v) is 5.82. The smallest absolute Gasteiger partial charge is 0.289 e. The molecular weight excluding hydrogens is 292 g/mol. The maximum Gasteiger partial charge on any atom is 0.289 e. The van der Waals surface area contributed by atoms with Gasteiger partial charge in [-0.2, -0.15) is 0 Å². The molecule has 5 nitrogen and oxygen atoms in total. The van der Waals surface area contributed by atoms with Gasteiger partial charge in [0.2, 0.25) is 0 Å².